The molecule has 3 nitrogen and oxygen atoms in total. The van der Waals surface area contributed by atoms with Gasteiger partial charge in [0.05, 0.1) is 0 Å². The third-order valence-corrected chi connectivity index (χ3v) is 2.94. The Morgan fingerprint density at radius 2 is 1.74 bits per heavy atom. The zero-order valence-electron chi connectivity index (χ0n) is 10.8. The lowest BCUT2D eigenvalue weighted by Crippen LogP contribution is -2.19. The molecule has 0 radical (unpaired) electrons. The minimum Gasteiger partial charge on any atom is -0.316 e. The van der Waals surface area contributed by atoms with Crippen LogP contribution in [0.25, 0.3) is 0 Å². The molecule has 0 saturated carbocycles. The lowest BCUT2D eigenvalue weighted by molar-refractivity contribution is -0.119. The van der Waals surface area contributed by atoms with E-state index in [1.807, 2.05) is 61.5 Å². The summed E-state index contributed by atoms with van der Waals surface area (Å²) in [7, 11) is 0. The maximum Gasteiger partial charge on any atom is 0.267 e. The minimum atomic E-state index is -0.707. The van der Waals surface area contributed by atoms with Gasteiger partial charge in [-0.1, -0.05) is 54.6 Å². The van der Waals surface area contributed by atoms with Crippen molar-refractivity contribution in [1.82, 2.24) is 0 Å². The molecule has 0 saturated heterocycles. The lowest BCUT2D eigenvalue weighted by Gasteiger charge is -2.07. The van der Waals surface area contributed by atoms with E-state index in [4.69, 9.17) is 5.73 Å². The van der Waals surface area contributed by atoms with Crippen molar-refractivity contribution in [2.45, 2.75) is 13.0 Å². The Balaban J connectivity index is 2.12. The number of hydrogen-bond acceptors (Lipinski definition) is 2. The molecule has 19 heavy (non-hydrogen) atoms. The average molecular weight is 252 g/mol. The van der Waals surface area contributed by atoms with Crippen LogP contribution >= 0.6 is 0 Å². The highest BCUT2D eigenvalue weighted by Gasteiger charge is 2.13. The highest BCUT2D eigenvalue weighted by atomic mass is 16.1. The van der Waals surface area contributed by atoms with Crippen molar-refractivity contribution in [2.75, 3.05) is 0 Å². The predicted octanol–water partition coefficient (Wildman–Crippen LogP) is 2.64. The van der Waals surface area contributed by atoms with Crippen LogP contribution < -0.4 is 5.73 Å². The van der Waals surface area contributed by atoms with Crippen LogP contribution in [0.2, 0.25) is 0 Å². The molecule has 1 atom stereocenters. The number of amides is 1. The second kappa shape index (κ2) is 6.07. The van der Waals surface area contributed by atoms with Crippen LogP contribution in [0.1, 0.15) is 22.7 Å². The second-order valence-electron chi connectivity index (χ2n) is 4.34. The molecule has 96 valence electrons. The van der Waals surface area contributed by atoms with E-state index in [1.54, 1.807) is 6.21 Å². The first-order valence-electron chi connectivity index (χ1n) is 6.12. The maximum atomic E-state index is 11.9. The number of nitrogens with zero attached hydrogens (tertiary/aromatic N) is 1. The molecule has 1 amide bonds. The summed E-state index contributed by atoms with van der Waals surface area (Å²) in [6, 6.07) is 16.3. The zero-order valence-corrected chi connectivity index (χ0v) is 10.8. The molecule has 0 bridgehead atoms. The van der Waals surface area contributed by atoms with Crippen LogP contribution in [0.15, 0.2) is 59.6 Å². The normalized spacial score (nSPS) is 12.5. The van der Waals surface area contributed by atoms with Crippen molar-refractivity contribution in [2.24, 2.45) is 10.7 Å². The van der Waals surface area contributed by atoms with Gasteiger partial charge < -0.3 is 5.73 Å². The third kappa shape index (κ3) is 3.36. The van der Waals surface area contributed by atoms with Gasteiger partial charge in [0.2, 0.25) is 0 Å². The Bertz CT molecular complexity index is 591. The Labute approximate surface area is 112 Å². The highest BCUT2D eigenvalue weighted by Crippen LogP contribution is 2.11. The largest absolute Gasteiger partial charge is 0.316 e. The molecule has 0 aliphatic heterocycles. The van der Waals surface area contributed by atoms with Gasteiger partial charge in [0.15, 0.2) is 0 Å². The molecule has 0 aliphatic rings. The van der Waals surface area contributed by atoms with E-state index >= 15 is 0 Å². The number of carbonyl (C=O) groups excluding carboxylic acids is 1. The van der Waals surface area contributed by atoms with E-state index in [0.717, 1.165) is 16.7 Å². The van der Waals surface area contributed by atoms with Crippen LogP contribution in [0, 0.1) is 6.92 Å². The summed E-state index contributed by atoms with van der Waals surface area (Å²) in [6.45, 7) is 1.98. The first kappa shape index (κ1) is 13.2. The Morgan fingerprint density at radius 3 is 2.42 bits per heavy atom. The van der Waals surface area contributed by atoms with Gasteiger partial charge in [-0.2, -0.15) is 0 Å². The van der Waals surface area contributed by atoms with E-state index in [9.17, 15) is 4.79 Å². The fourth-order valence-electron chi connectivity index (χ4n) is 1.75. The van der Waals surface area contributed by atoms with Crippen LogP contribution in [-0.4, -0.2) is 12.1 Å². The van der Waals surface area contributed by atoms with Crippen LogP contribution in [-0.2, 0) is 4.79 Å². The smallest absolute Gasteiger partial charge is 0.267 e. The van der Waals surface area contributed by atoms with E-state index in [1.165, 1.54) is 0 Å². The van der Waals surface area contributed by atoms with E-state index in [-0.39, 0.29) is 5.91 Å². The monoisotopic (exact) mass is 252 g/mol. The van der Waals surface area contributed by atoms with Crippen molar-refractivity contribution >= 4 is 12.1 Å². The van der Waals surface area contributed by atoms with Gasteiger partial charge in [-0.05, 0) is 23.6 Å². The quantitative estimate of drug-likeness (QED) is 0.854. The fraction of sp³-hybridized carbons (Fsp3) is 0.125. The highest BCUT2D eigenvalue weighted by molar-refractivity contribution is 5.95. The van der Waals surface area contributed by atoms with Gasteiger partial charge in [0.25, 0.3) is 5.91 Å². The second-order valence-corrected chi connectivity index (χ2v) is 4.34. The van der Waals surface area contributed by atoms with E-state index < -0.39 is 6.04 Å². The number of aryl methyl sites for hydroxylation is 1. The van der Waals surface area contributed by atoms with E-state index in [0.29, 0.717) is 0 Å². The molecule has 0 spiro atoms. The summed E-state index contributed by atoms with van der Waals surface area (Å²) >= 11 is 0. The molecule has 1 unspecified atom stereocenters. The molecule has 2 rings (SSSR count). The van der Waals surface area contributed by atoms with Gasteiger partial charge >= 0.3 is 0 Å². The molecule has 0 fully saturated rings. The molecule has 0 aliphatic carbocycles. The number of nitrogens with two attached hydrogens (primary N) is 1. The summed E-state index contributed by atoms with van der Waals surface area (Å²) in [5.41, 5.74) is 8.65. The molecule has 2 N–H and O–H groups in total. The van der Waals surface area contributed by atoms with Crippen LogP contribution in [0.4, 0.5) is 0 Å². The Kier molecular flexibility index (Phi) is 4.21. The van der Waals surface area contributed by atoms with Gasteiger partial charge in [0, 0.05) is 6.21 Å². The molecular weight excluding hydrogens is 236 g/mol. The predicted molar refractivity (Wildman–Crippen MR) is 77.2 cm³/mol. The third-order valence-electron chi connectivity index (χ3n) is 2.94. The number of benzene rings is 2. The van der Waals surface area contributed by atoms with Crippen LogP contribution in [0.5, 0.6) is 0 Å². The molecule has 2 aromatic rings. The van der Waals surface area contributed by atoms with Crippen molar-refractivity contribution in [3.8, 4) is 0 Å². The molecule has 0 aromatic heterocycles. The topological polar surface area (TPSA) is 55.5 Å². The number of rotatable bonds is 3. The fourth-order valence-corrected chi connectivity index (χ4v) is 1.75. The zero-order chi connectivity index (χ0) is 13.7. The summed E-state index contributed by atoms with van der Waals surface area (Å²) in [6.07, 6.45) is 1.57. The first-order valence-corrected chi connectivity index (χ1v) is 6.12. The lowest BCUT2D eigenvalue weighted by atomic mass is 10.1. The first-order chi connectivity index (χ1) is 9.18. The van der Waals surface area contributed by atoms with Crippen molar-refractivity contribution in [3.63, 3.8) is 0 Å². The SMILES string of the molecule is Cc1ccccc1C=NC(=O)C(N)c1ccccc1. The summed E-state index contributed by atoms with van der Waals surface area (Å²) in [5, 5.41) is 0. The number of aliphatic imine (C=N–C) groups is 1. The molecular formula is C16H16N2O. The van der Waals surface area contributed by atoms with Gasteiger partial charge in [-0.25, -0.2) is 4.99 Å². The molecule has 2 aromatic carbocycles. The average Bonchev–Trinajstić information content (AvgIpc) is 2.46. The van der Waals surface area contributed by atoms with Crippen molar-refractivity contribution in [3.05, 3.63) is 71.3 Å². The summed E-state index contributed by atoms with van der Waals surface area (Å²) in [5.74, 6) is -0.338. The van der Waals surface area contributed by atoms with Crippen molar-refractivity contribution < 1.29 is 4.79 Å². The van der Waals surface area contributed by atoms with Crippen LogP contribution in [0.3, 0.4) is 0 Å². The Hall–Kier alpha value is -2.26. The van der Waals surface area contributed by atoms with Gasteiger partial charge in [-0.3, -0.25) is 4.79 Å². The molecule has 3 heteroatoms. The standard InChI is InChI=1S/C16H16N2O/c1-12-7-5-6-10-14(12)11-18-16(19)15(17)13-8-3-2-4-9-13/h2-11,15H,17H2,1H3. The van der Waals surface area contributed by atoms with Crippen molar-refractivity contribution in [1.29, 1.82) is 0 Å². The number of hydrogen-bond donors (Lipinski definition) is 1. The van der Waals surface area contributed by atoms with E-state index in [2.05, 4.69) is 4.99 Å². The summed E-state index contributed by atoms with van der Waals surface area (Å²) in [4.78, 5) is 15.8. The summed E-state index contributed by atoms with van der Waals surface area (Å²) < 4.78 is 0. The van der Waals surface area contributed by atoms with Gasteiger partial charge in [-0.15, -0.1) is 0 Å². The number of carbonyl (C=O) groups is 1. The minimum absolute atomic E-state index is 0.338. The molecule has 0 heterocycles. The maximum absolute atomic E-state index is 11.9. The van der Waals surface area contributed by atoms with Gasteiger partial charge in [0.1, 0.15) is 6.04 Å². The Morgan fingerprint density at radius 1 is 1.11 bits per heavy atom.